The minimum atomic E-state index is -0.751. The summed E-state index contributed by atoms with van der Waals surface area (Å²) in [4.78, 5) is 18.6. The van der Waals surface area contributed by atoms with Gasteiger partial charge in [-0.1, -0.05) is 6.92 Å². The van der Waals surface area contributed by atoms with Crippen molar-refractivity contribution in [2.75, 3.05) is 11.9 Å². The van der Waals surface area contributed by atoms with Gasteiger partial charge in [-0.15, -0.1) is 0 Å². The minimum absolute atomic E-state index is 0.206. The van der Waals surface area contributed by atoms with Crippen molar-refractivity contribution in [3.05, 3.63) is 18.0 Å². The molecule has 0 bridgehead atoms. The fraction of sp³-hybridized carbons (Fsp3) is 0.545. The quantitative estimate of drug-likeness (QED) is 0.767. The van der Waals surface area contributed by atoms with Crippen LogP contribution in [0.1, 0.15) is 25.5 Å². The molecule has 0 aromatic carbocycles. The lowest BCUT2D eigenvalue weighted by Gasteiger charge is -2.11. The van der Waals surface area contributed by atoms with Gasteiger partial charge in [-0.05, 0) is 25.3 Å². The molecule has 1 atom stereocenters. The van der Waals surface area contributed by atoms with Gasteiger partial charge in [0, 0.05) is 24.9 Å². The number of aliphatic carboxylic acids is 1. The number of aryl methyl sites for hydroxylation is 1. The highest BCUT2D eigenvalue weighted by molar-refractivity contribution is 5.66. The largest absolute Gasteiger partial charge is 0.481 e. The van der Waals surface area contributed by atoms with Crippen LogP contribution in [-0.2, 0) is 4.79 Å². The van der Waals surface area contributed by atoms with Crippen LogP contribution in [0.15, 0.2) is 12.3 Å². The van der Waals surface area contributed by atoms with Crippen molar-refractivity contribution in [2.45, 2.75) is 26.7 Å². The average Bonchev–Trinajstić information content (AvgIpc) is 2.23. The number of hydrogen-bond acceptors (Lipinski definition) is 4. The molecule has 1 heterocycles. The van der Waals surface area contributed by atoms with Crippen LogP contribution in [0, 0.1) is 12.8 Å². The average molecular weight is 223 g/mol. The van der Waals surface area contributed by atoms with E-state index in [0.717, 1.165) is 5.69 Å². The Labute approximate surface area is 94.9 Å². The van der Waals surface area contributed by atoms with Crippen molar-refractivity contribution in [2.24, 2.45) is 5.92 Å². The molecule has 2 N–H and O–H groups in total. The first-order valence-electron chi connectivity index (χ1n) is 5.33. The Bertz CT molecular complexity index is 355. The predicted octanol–water partition coefficient (Wildman–Crippen LogP) is 1.70. The first-order valence-corrected chi connectivity index (χ1v) is 5.33. The van der Waals surface area contributed by atoms with Crippen LogP contribution in [0.25, 0.3) is 0 Å². The summed E-state index contributed by atoms with van der Waals surface area (Å²) in [5, 5.41) is 11.6. The van der Waals surface area contributed by atoms with Gasteiger partial charge >= 0.3 is 5.97 Å². The smallest absolute Gasteiger partial charge is 0.303 e. The van der Waals surface area contributed by atoms with Crippen LogP contribution < -0.4 is 5.32 Å². The fourth-order valence-electron chi connectivity index (χ4n) is 1.27. The van der Waals surface area contributed by atoms with Gasteiger partial charge in [0.05, 0.1) is 0 Å². The molecule has 0 fully saturated rings. The van der Waals surface area contributed by atoms with Crippen LogP contribution in [0.5, 0.6) is 0 Å². The summed E-state index contributed by atoms with van der Waals surface area (Å²) in [7, 11) is 0. The van der Waals surface area contributed by atoms with E-state index in [9.17, 15) is 4.79 Å². The number of rotatable bonds is 6. The number of nitrogens with one attached hydrogen (secondary N) is 1. The monoisotopic (exact) mass is 223 g/mol. The molecule has 0 aliphatic rings. The topological polar surface area (TPSA) is 75.1 Å². The molecule has 88 valence electrons. The Morgan fingerprint density at radius 1 is 1.62 bits per heavy atom. The zero-order valence-corrected chi connectivity index (χ0v) is 9.60. The lowest BCUT2D eigenvalue weighted by atomic mass is 10.1. The van der Waals surface area contributed by atoms with Crippen molar-refractivity contribution >= 4 is 11.9 Å². The summed E-state index contributed by atoms with van der Waals surface area (Å²) in [6.07, 6.45) is 2.57. The molecule has 1 aromatic rings. The second-order valence-corrected chi connectivity index (χ2v) is 3.94. The van der Waals surface area contributed by atoms with E-state index in [1.165, 1.54) is 0 Å². The van der Waals surface area contributed by atoms with E-state index in [1.54, 1.807) is 6.20 Å². The standard InChI is InChI=1S/C11H17N3O2/c1-8(3-4-10(15)16)7-13-11-12-6-5-9(2)14-11/h5-6,8H,3-4,7H2,1-2H3,(H,15,16)(H,12,13,14). The summed E-state index contributed by atoms with van der Waals surface area (Å²) in [5.41, 5.74) is 0.913. The van der Waals surface area contributed by atoms with E-state index in [4.69, 9.17) is 5.11 Å². The van der Waals surface area contributed by atoms with Crippen molar-refractivity contribution < 1.29 is 9.90 Å². The summed E-state index contributed by atoms with van der Waals surface area (Å²) in [6.45, 7) is 4.60. The maximum atomic E-state index is 10.4. The predicted molar refractivity (Wildman–Crippen MR) is 61.3 cm³/mol. The molecule has 5 heteroatoms. The number of carbonyl (C=O) groups is 1. The lowest BCUT2D eigenvalue weighted by molar-refractivity contribution is -0.137. The first-order chi connectivity index (χ1) is 7.58. The number of anilines is 1. The van der Waals surface area contributed by atoms with E-state index < -0.39 is 5.97 Å². The Hall–Kier alpha value is -1.65. The Morgan fingerprint density at radius 3 is 3.00 bits per heavy atom. The Balaban J connectivity index is 2.31. The summed E-state index contributed by atoms with van der Waals surface area (Å²) >= 11 is 0. The van der Waals surface area contributed by atoms with Gasteiger partial charge in [-0.25, -0.2) is 9.97 Å². The summed E-state index contributed by atoms with van der Waals surface area (Å²) < 4.78 is 0. The van der Waals surface area contributed by atoms with Crippen LogP contribution >= 0.6 is 0 Å². The molecule has 1 rings (SSSR count). The van der Waals surface area contributed by atoms with E-state index in [-0.39, 0.29) is 6.42 Å². The highest BCUT2D eigenvalue weighted by atomic mass is 16.4. The number of aromatic nitrogens is 2. The van der Waals surface area contributed by atoms with E-state index in [0.29, 0.717) is 24.8 Å². The molecule has 1 aromatic heterocycles. The summed E-state index contributed by atoms with van der Waals surface area (Å²) in [5.74, 6) is 0.140. The van der Waals surface area contributed by atoms with Crippen molar-refractivity contribution in [1.82, 2.24) is 9.97 Å². The Kier molecular flexibility index (Phi) is 4.69. The molecule has 0 amide bonds. The number of hydrogen-bond donors (Lipinski definition) is 2. The lowest BCUT2D eigenvalue weighted by Crippen LogP contribution is -2.14. The SMILES string of the molecule is Cc1ccnc(NCC(C)CCC(=O)O)n1. The normalized spacial score (nSPS) is 12.1. The first kappa shape index (κ1) is 12.4. The molecule has 0 aliphatic heterocycles. The highest BCUT2D eigenvalue weighted by Gasteiger charge is 2.06. The molecule has 16 heavy (non-hydrogen) atoms. The molecule has 0 radical (unpaired) electrons. The van der Waals surface area contributed by atoms with Gasteiger partial charge in [-0.3, -0.25) is 4.79 Å². The van der Waals surface area contributed by atoms with Crippen LogP contribution in [-0.4, -0.2) is 27.6 Å². The van der Waals surface area contributed by atoms with Crippen LogP contribution in [0.2, 0.25) is 0 Å². The highest BCUT2D eigenvalue weighted by Crippen LogP contribution is 2.07. The van der Waals surface area contributed by atoms with Crippen LogP contribution in [0.4, 0.5) is 5.95 Å². The van der Waals surface area contributed by atoms with E-state index >= 15 is 0 Å². The summed E-state index contributed by atoms with van der Waals surface area (Å²) in [6, 6.07) is 1.83. The van der Waals surface area contributed by atoms with Gasteiger partial charge in [0.15, 0.2) is 0 Å². The second-order valence-electron chi connectivity index (χ2n) is 3.94. The van der Waals surface area contributed by atoms with Crippen molar-refractivity contribution in [3.63, 3.8) is 0 Å². The second kappa shape index (κ2) is 6.05. The van der Waals surface area contributed by atoms with Gasteiger partial charge in [-0.2, -0.15) is 0 Å². The van der Waals surface area contributed by atoms with Gasteiger partial charge in [0.1, 0.15) is 0 Å². The van der Waals surface area contributed by atoms with E-state index in [1.807, 2.05) is 19.9 Å². The zero-order valence-electron chi connectivity index (χ0n) is 9.60. The number of nitrogens with zero attached hydrogens (tertiary/aromatic N) is 2. The third-order valence-corrected chi connectivity index (χ3v) is 2.25. The molecular weight excluding hydrogens is 206 g/mol. The Morgan fingerprint density at radius 2 is 2.38 bits per heavy atom. The van der Waals surface area contributed by atoms with Gasteiger partial charge < -0.3 is 10.4 Å². The third kappa shape index (κ3) is 4.72. The zero-order chi connectivity index (χ0) is 12.0. The molecule has 0 spiro atoms. The number of carboxylic acid groups (broad SMARTS) is 1. The third-order valence-electron chi connectivity index (χ3n) is 2.25. The van der Waals surface area contributed by atoms with E-state index in [2.05, 4.69) is 15.3 Å². The molecule has 0 saturated carbocycles. The molecule has 0 aliphatic carbocycles. The van der Waals surface area contributed by atoms with Crippen molar-refractivity contribution in [3.8, 4) is 0 Å². The maximum Gasteiger partial charge on any atom is 0.303 e. The van der Waals surface area contributed by atoms with Crippen LogP contribution in [0.3, 0.4) is 0 Å². The van der Waals surface area contributed by atoms with Gasteiger partial charge in [0.25, 0.3) is 0 Å². The maximum absolute atomic E-state index is 10.4. The van der Waals surface area contributed by atoms with Crippen molar-refractivity contribution in [1.29, 1.82) is 0 Å². The van der Waals surface area contributed by atoms with Gasteiger partial charge in [0.2, 0.25) is 5.95 Å². The minimum Gasteiger partial charge on any atom is -0.481 e. The fourth-order valence-corrected chi connectivity index (χ4v) is 1.27. The number of carboxylic acids is 1. The molecule has 0 saturated heterocycles. The molecular formula is C11H17N3O2. The molecule has 5 nitrogen and oxygen atoms in total. The molecule has 1 unspecified atom stereocenters.